The zero-order valence-electron chi connectivity index (χ0n) is 7.07. The number of tetrazole rings is 1. The van der Waals surface area contributed by atoms with Crippen LogP contribution in [-0.2, 0) is 11.9 Å². The lowest BCUT2D eigenvalue weighted by molar-refractivity contribution is 0.502. The number of rotatable bonds is 1. The first-order valence-corrected chi connectivity index (χ1v) is 3.52. The van der Waals surface area contributed by atoms with Crippen molar-refractivity contribution in [3.8, 4) is 0 Å². The van der Waals surface area contributed by atoms with Crippen molar-refractivity contribution in [1.82, 2.24) is 20.2 Å². The fourth-order valence-corrected chi connectivity index (χ4v) is 0.865. The molecule has 1 rings (SSSR count). The summed E-state index contributed by atoms with van der Waals surface area (Å²) in [6.07, 6.45) is 0.333. The zero-order chi connectivity index (χ0) is 8.48. The Balaban J connectivity index is 3.02. The van der Waals surface area contributed by atoms with Crippen LogP contribution in [-0.4, -0.2) is 28.1 Å². The van der Waals surface area contributed by atoms with E-state index < -0.39 is 0 Å². The van der Waals surface area contributed by atoms with Gasteiger partial charge in [0.05, 0.1) is 7.85 Å². The fraction of sp³-hybridized carbons (Fsp3) is 0.833. The van der Waals surface area contributed by atoms with Crippen LogP contribution in [0.4, 0.5) is 0 Å². The molecule has 0 bridgehead atoms. The molecule has 0 unspecified atom stereocenters. The Bertz CT molecular complexity index is 237. The van der Waals surface area contributed by atoms with Gasteiger partial charge >= 0.3 is 0 Å². The molecule has 0 N–H and O–H groups in total. The molecule has 0 spiro atoms. The van der Waals surface area contributed by atoms with Crippen LogP contribution < -0.4 is 0 Å². The predicted octanol–water partition coefficient (Wildman–Crippen LogP) is 0.0966. The number of nitrogens with zero attached hydrogens (tertiary/aromatic N) is 4. The molecule has 0 aliphatic carbocycles. The van der Waals surface area contributed by atoms with Gasteiger partial charge in [-0.15, -0.1) is 5.10 Å². The number of hydrogen-bond donors (Lipinski definition) is 0. The first-order valence-electron chi connectivity index (χ1n) is 3.52. The molecular formula is C6H11BN4. The lowest BCUT2D eigenvalue weighted by Crippen LogP contribution is -2.19. The van der Waals surface area contributed by atoms with E-state index in [0.717, 1.165) is 5.82 Å². The Morgan fingerprint density at radius 1 is 1.45 bits per heavy atom. The standard InChI is InChI=1S/C6H11BN4/c1-6(2,3)5-8-9-10-11(5)4-7/h4H2,1-3H3. The van der Waals surface area contributed by atoms with Crippen molar-refractivity contribution in [1.29, 1.82) is 0 Å². The molecule has 0 aliphatic rings. The van der Waals surface area contributed by atoms with E-state index in [4.69, 9.17) is 7.85 Å². The minimum absolute atomic E-state index is 0.0388. The third kappa shape index (κ3) is 1.58. The van der Waals surface area contributed by atoms with Crippen LogP contribution in [0.25, 0.3) is 0 Å². The van der Waals surface area contributed by atoms with Crippen LogP contribution in [0.3, 0.4) is 0 Å². The summed E-state index contributed by atoms with van der Waals surface area (Å²) in [5.41, 5.74) is -0.0388. The van der Waals surface area contributed by atoms with Gasteiger partial charge in [0.15, 0.2) is 5.82 Å². The summed E-state index contributed by atoms with van der Waals surface area (Å²) in [4.78, 5) is 0. The normalized spacial score (nSPS) is 11.9. The Morgan fingerprint density at radius 2 is 2.09 bits per heavy atom. The van der Waals surface area contributed by atoms with Crippen molar-refractivity contribution in [3.05, 3.63) is 5.82 Å². The van der Waals surface area contributed by atoms with Gasteiger partial charge < -0.3 is 0 Å². The highest BCUT2D eigenvalue weighted by Crippen LogP contribution is 2.17. The van der Waals surface area contributed by atoms with Gasteiger partial charge in [-0.2, -0.15) is 0 Å². The second kappa shape index (κ2) is 2.64. The maximum Gasteiger partial charge on any atom is 0.155 e. The van der Waals surface area contributed by atoms with Gasteiger partial charge in [-0.25, -0.2) is 4.68 Å². The summed E-state index contributed by atoms with van der Waals surface area (Å²) in [6.45, 7) is 6.14. The van der Waals surface area contributed by atoms with Crippen LogP contribution in [0.1, 0.15) is 26.6 Å². The van der Waals surface area contributed by atoms with Gasteiger partial charge in [0, 0.05) is 11.9 Å². The van der Waals surface area contributed by atoms with Crippen molar-refractivity contribution in [2.24, 2.45) is 0 Å². The number of hydrogen-bond acceptors (Lipinski definition) is 3. The minimum Gasteiger partial charge on any atom is -0.238 e. The molecule has 0 fully saturated rings. The summed E-state index contributed by atoms with van der Waals surface area (Å²) in [5.74, 6) is 0.819. The van der Waals surface area contributed by atoms with Crippen LogP contribution in [0.15, 0.2) is 0 Å². The predicted molar refractivity (Wildman–Crippen MR) is 42.3 cm³/mol. The van der Waals surface area contributed by atoms with Crippen LogP contribution >= 0.6 is 0 Å². The van der Waals surface area contributed by atoms with Crippen molar-refractivity contribution in [2.75, 3.05) is 0 Å². The Kier molecular flexibility index (Phi) is 1.98. The molecule has 0 amide bonds. The highest BCUT2D eigenvalue weighted by molar-refractivity contribution is 6.06. The molecule has 1 aromatic rings. The molecule has 0 atom stereocenters. The molecule has 0 saturated heterocycles. The Hall–Kier alpha value is -0.865. The maximum absolute atomic E-state index is 5.41. The Morgan fingerprint density at radius 3 is 2.45 bits per heavy atom. The highest BCUT2D eigenvalue weighted by Gasteiger charge is 2.20. The van der Waals surface area contributed by atoms with Crippen molar-refractivity contribution >= 4 is 7.85 Å². The molecule has 1 aromatic heterocycles. The van der Waals surface area contributed by atoms with E-state index in [1.165, 1.54) is 0 Å². The molecular weight excluding hydrogens is 139 g/mol. The zero-order valence-corrected chi connectivity index (χ0v) is 7.07. The van der Waals surface area contributed by atoms with Crippen LogP contribution in [0.5, 0.6) is 0 Å². The first-order chi connectivity index (χ1) is 5.05. The van der Waals surface area contributed by atoms with Crippen molar-refractivity contribution in [2.45, 2.75) is 32.6 Å². The van der Waals surface area contributed by atoms with E-state index in [-0.39, 0.29) is 5.41 Å². The summed E-state index contributed by atoms with van der Waals surface area (Å²) in [5, 5.41) is 11.2. The maximum atomic E-state index is 5.41. The van der Waals surface area contributed by atoms with Gasteiger partial charge in [0.1, 0.15) is 0 Å². The van der Waals surface area contributed by atoms with Gasteiger partial charge in [-0.1, -0.05) is 20.8 Å². The highest BCUT2D eigenvalue weighted by atomic mass is 15.5. The van der Waals surface area contributed by atoms with E-state index in [2.05, 4.69) is 15.5 Å². The van der Waals surface area contributed by atoms with Gasteiger partial charge in [-0.3, -0.25) is 0 Å². The molecule has 58 valence electrons. The van der Waals surface area contributed by atoms with E-state index >= 15 is 0 Å². The molecule has 11 heavy (non-hydrogen) atoms. The van der Waals surface area contributed by atoms with Crippen molar-refractivity contribution < 1.29 is 0 Å². The third-order valence-electron chi connectivity index (χ3n) is 1.38. The van der Waals surface area contributed by atoms with E-state index in [0.29, 0.717) is 6.44 Å². The van der Waals surface area contributed by atoms with Gasteiger partial charge in [0.2, 0.25) is 0 Å². The monoisotopic (exact) mass is 150 g/mol. The van der Waals surface area contributed by atoms with Crippen LogP contribution in [0.2, 0.25) is 0 Å². The molecule has 0 aromatic carbocycles. The second-order valence-corrected chi connectivity index (χ2v) is 3.43. The van der Waals surface area contributed by atoms with Crippen molar-refractivity contribution in [3.63, 3.8) is 0 Å². The smallest absolute Gasteiger partial charge is 0.155 e. The quantitative estimate of drug-likeness (QED) is 0.533. The van der Waals surface area contributed by atoms with E-state index in [9.17, 15) is 0 Å². The van der Waals surface area contributed by atoms with Crippen LogP contribution in [0, 0.1) is 0 Å². The molecule has 0 saturated carbocycles. The third-order valence-corrected chi connectivity index (χ3v) is 1.38. The lowest BCUT2D eigenvalue weighted by Gasteiger charge is -2.15. The molecule has 2 radical (unpaired) electrons. The fourth-order valence-electron chi connectivity index (χ4n) is 0.865. The van der Waals surface area contributed by atoms with E-state index in [1.807, 2.05) is 20.8 Å². The first kappa shape index (κ1) is 8.23. The molecule has 4 nitrogen and oxygen atoms in total. The molecule has 1 heterocycles. The average molecular weight is 150 g/mol. The summed E-state index contributed by atoms with van der Waals surface area (Å²) < 4.78 is 1.60. The number of aromatic nitrogens is 4. The van der Waals surface area contributed by atoms with E-state index in [1.54, 1.807) is 4.68 Å². The summed E-state index contributed by atoms with van der Waals surface area (Å²) >= 11 is 0. The topological polar surface area (TPSA) is 43.6 Å². The van der Waals surface area contributed by atoms with Gasteiger partial charge in [-0.05, 0) is 10.4 Å². The largest absolute Gasteiger partial charge is 0.238 e. The molecule has 5 heteroatoms. The SMILES string of the molecule is [B]Cn1nnnc1C(C)(C)C. The average Bonchev–Trinajstić information content (AvgIpc) is 2.31. The lowest BCUT2D eigenvalue weighted by atomic mass is 9.95. The Labute approximate surface area is 67.4 Å². The second-order valence-electron chi connectivity index (χ2n) is 3.43. The summed E-state index contributed by atoms with van der Waals surface area (Å²) in [7, 11) is 5.41. The van der Waals surface area contributed by atoms with Gasteiger partial charge in [0.25, 0.3) is 0 Å². The molecule has 0 aliphatic heterocycles. The summed E-state index contributed by atoms with van der Waals surface area (Å²) in [6, 6.07) is 0. The minimum atomic E-state index is -0.0388.